The number of rotatable bonds is 3. The van der Waals surface area contributed by atoms with E-state index in [-0.39, 0.29) is 12.2 Å². The molecule has 72 valence electrons. The average molecular weight is 249 g/mol. The molecule has 2 N–H and O–H groups in total. The Labute approximate surface area is 84.1 Å². The minimum absolute atomic E-state index is 0.0152. The first kappa shape index (κ1) is 10.5. The fourth-order valence-corrected chi connectivity index (χ4v) is 1.25. The number of aromatic hydroxyl groups is 1. The Hall–Kier alpha value is -0.610. The Morgan fingerprint density at radius 2 is 2.15 bits per heavy atom. The molecule has 4 heteroatoms. The highest BCUT2D eigenvalue weighted by atomic mass is 79.9. The van der Waals surface area contributed by atoms with Crippen molar-refractivity contribution < 1.29 is 14.6 Å². The molecule has 0 aliphatic heterocycles. The molecule has 0 fully saturated rings. The van der Waals surface area contributed by atoms with Crippen LogP contribution in [0.2, 0.25) is 0 Å². The van der Waals surface area contributed by atoms with Gasteiger partial charge in [0.15, 0.2) is 0 Å². The van der Waals surface area contributed by atoms with Crippen LogP contribution in [0.25, 0.3) is 0 Å². The fraction of sp³-hybridized carbons (Fsp3) is 0.333. The zero-order chi connectivity index (χ0) is 9.84. The third-order valence-electron chi connectivity index (χ3n) is 1.68. The summed E-state index contributed by atoms with van der Waals surface area (Å²) in [5, 5.41) is 18.9. The van der Waals surface area contributed by atoms with Gasteiger partial charge in [0.1, 0.15) is 11.6 Å². The molecule has 0 aliphatic carbocycles. The molecule has 0 amide bonds. The van der Waals surface area contributed by atoms with Gasteiger partial charge in [0.25, 0.3) is 0 Å². The third-order valence-corrected chi connectivity index (χ3v) is 2.42. The maximum Gasteiger partial charge on any atom is 0.123 e. The molecule has 1 rings (SSSR count). The Morgan fingerprint density at radius 1 is 1.46 bits per heavy atom. The van der Waals surface area contributed by atoms with Crippen molar-refractivity contribution >= 4 is 15.9 Å². The number of phenolic OH excluding ortho intramolecular Hbond substituents is 1. The summed E-state index contributed by atoms with van der Waals surface area (Å²) < 4.78 is 12.7. The summed E-state index contributed by atoms with van der Waals surface area (Å²) in [5.41, 5.74) is 0.423. The van der Waals surface area contributed by atoms with Gasteiger partial charge in [0, 0.05) is 11.8 Å². The van der Waals surface area contributed by atoms with Crippen molar-refractivity contribution in [1.29, 1.82) is 0 Å². The van der Waals surface area contributed by atoms with Crippen LogP contribution in [0.15, 0.2) is 18.2 Å². The van der Waals surface area contributed by atoms with E-state index in [1.54, 1.807) is 0 Å². The highest BCUT2D eigenvalue weighted by Gasteiger charge is 2.08. The van der Waals surface area contributed by atoms with Gasteiger partial charge < -0.3 is 10.2 Å². The third kappa shape index (κ3) is 2.97. The van der Waals surface area contributed by atoms with Gasteiger partial charge in [-0.2, -0.15) is 0 Å². The van der Waals surface area contributed by atoms with Gasteiger partial charge in [-0.05, 0) is 23.8 Å². The molecule has 0 spiro atoms. The molecule has 0 heterocycles. The van der Waals surface area contributed by atoms with Crippen LogP contribution in [0, 0.1) is 5.82 Å². The lowest BCUT2D eigenvalue weighted by atomic mass is 10.1. The molecule has 0 aromatic heterocycles. The van der Waals surface area contributed by atoms with E-state index in [0.29, 0.717) is 10.9 Å². The molecule has 0 saturated heterocycles. The summed E-state index contributed by atoms with van der Waals surface area (Å²) in [6.07, 6.45) is -0.359. The minimum atomic E-state index is -0.604. The van der Waals surface area contributed by atoms with E-state index in [1.165, 1.54) is 18.2 Å². The quantitative estimate of drug-likeness (QED) is 0.802. The number of benzene rings is 1. The SMILES string of the molecule is Oc1ccc(F)cc1CC(O)CBr. The lowest BCUT2D eigenvalue weighted by molar-refractivity contribution is 0.200. The molecule has 13 heavy (non-hydrogen) atoms. The molecule has 1 atom stereocenters. The molecular weight excluding hydrogens is 239 g/mol. The number of halogens is 2. The van der Waals surface area contributed by atoms with Crippen LogP contribution < -0.4 is 0 Å². The van der Waals surface area contributed by atoms with Gasteiger partial charge in [-0.1, -0.05) is 15.9 Å². The van der Waals surface area contributed by atoms with Crippen molar-refractivity contribution in [2.75, 3.05) is 5.33 Å². The maximum atomic E-state index is 12.7. The van der Waals surface area contributed by atoms with Crippen LogP contribution in [0.4, 0.5) is 4.39 Å². The first-order valence-corrected chi connectivity index (χ1v) is 4.97. The second-order valence-electron chi connectivity index (χ2n) is 2.79. The normalized spacial score (nSPS) is 12.8. The van der Waals surface area contributed by atoms with E-state index < -0.39 is 11.9 Å². The summed E-state index contributed by atoms with van der Waals surface area (Å²) in [7, 11) is 0. The van der Waals surface area contributed by atoms with Gasteiger partial charge in [0.05, 0.1) is 6.10 Å². The van der Waals surface area contributed by atoms with E-state index in [9.17, 15) is 14.6 Å². The second-order valence-corrected chi connectivity index (χ2v) is 3.43. The number of hydrogen-bond donors (Lipinski definition) is 2. The predicted molar refractivity (Wildman–Crippen MR) is 51.6 cm³/mol. The minimum Gasteiger partial charge on any atom is -0.508 e. The molecule has 0 bridgehead atoms. The lowest BCUT2D eigenvalue weighted by Crippen LogP contribution is -2.11. The smallest absolute Gasteiger partial charge is 0.123 e. The van der Waals surface area contributed by atoms with Gasteiger partial charge in [0.2, 0.25) is 0 Å². The van der Waals surface area contributed by atoms with Crippen LogP contribution in [-0.4, -0.2) is 21.6 Å². The highest BCUT2D eigenvalue weighted by Crippen LogP contribution is 2.19. The van der Waals surface area contributed by atoms with Crippen LogP contribution in [0.1, 0.15) is 5.56 Å². The summed E-state index contributed by atoms with van der Waals surface area (Å²) in [6.45, 7) is 0. The van der Waals surface area contributed by atoms with Gasteiger partial charge in [-0.25, -0.2) is 4.39 Å². The molecule has 1 aromatic carbocycles. The standard InChI is InChI=1S/C9H10BrFO2/c10-5-8(12)4-6-3-7(11)1-2-9(6)13/h1-3,8,12-13H,4-5H2. The predicted octanol–water partition coefficient (Wildman–Crippen LogP) is 1.83. The number of alkyl halides is 1. The Balaban J connectivity index is 2.81. The number of aliphatic hydroxyl groups is 1. The van der Waals surface area contributed by atoms with Crippen LogP contribution >= 0.6 is 15.9 Å². The average Bonchev–Trinajstić information content (AvgIpc) is 2.11. The van der Waals surface area contributed by atoms with Crippen LogP contribution in [0.3, 0.4) is 0 Å². The number of hydrogen-bond acceptors (Lipinski definition) is 2. The Morgan fingerprint density at radius 3 is 2.77 bits per heavy atom. The van der Waals surface area contributed by atoms with Crippen molar-refractivity contribution in [1.82, 2.24) is 0 Å². The Kier molecular flexibility index (Phi) is 3.69. The molecular formula is C9H10BrFO2. The first-order valence-electron chi connectivity index (χ1n) is 3.85. The Bertz CT molecular complexity index is 291. The van der Waals surface area contributed by atoms with Gasteiger partial charge in [-0.3, -0.25) is 0 Å². The lowest BCUT2D eigenvalue weighted by Gasteiger charge is -2.08. The van der Waals surface area contributed by atoms with Crippen molar-refractivity contribution in [3.8, 4) is 5.75 Å². The van der Waals surface area contributed by atoms with Crippen molar-refractivity contribution in [2.45, 2.75) is 12.5 Å². The molecule has 0 saturated carbocycles. The van der Waals surface area contributed by atoms with Crippen molar-refractivity contribution in [3.05, 3.63) is 29.6 Å². The van der Waals surface area contributed by atoms with E-state index >= 15 is 0 Å². The second kappa shape index (κ2) is 4.58. The zero-order valence-corrected chi connectivity index (χ0v) is 8.46. The van der Waals surface area contributed by atoms with E-state index in [0.717, 1.165) is 0 Å². The van der Waals surface area contributed by atoms with Crippen molar-refractivity contribution in [2.24, 2.45) is 0 Å². The van der Waals surface area contributed by atoms with Crippen LogP contribution in [-0.2, 0) is 6.42 Å². The largest absolute Gasteiger partial charge is 0.508 e. The van der Waals surface area contributed by atoms with E-state index in [2.05, 4.69) is 15.9 Å². The topological polar surface area (TPSA) is 40.5 Å². The molecule has 0 radical (unpaired) electrons. The maximum absolute atomic E-state index is 12.7. The monoisotopic (exact) mass is 248 g/mol. The summed E-state index contributed by atoms with van der Waals surface area (Å²) >= 11 is 3.09. The van der Waals surface area contributed by atoms with Gasteiger partial charge >= 0.3 is 0 Å². The molecule has 2 nitrogen and oxygen atoms in total. The summed E-state index contributed by atoms with van der Waals surface area (Å²) in [6, 6.07) is 3.69. The van der Waals surface area contributed by atoms with E-state index in [1.807, 2.05) is 0 Å². The van der Waals surface area contributed by atoms with Gasteiger partial charge in [-0.15, -0.1) is 0 Å². The summed E-state index contributed by atoms with van der Waals surface area (Å²) in [4.78, 5) is 0. The van der Waals surface area contributed by atoms with Crippen molar-refractivity contribution in [3.63, 3.8) is 0 Å². The molecule has 1 unspecified atom stereocenters. The number of phenols is 1. The molecule has 0 aliphatic rings. The molecule has 1 aromatic rings. The summed E-state index contributed by atoms with van der Waals surface area (Å²) in [5.74, 6) is -0.393. The van der Waals surface area contributed by atoms with Crippen LogP contribution in [0.5, 0.6) is 5.75 Å². The zero-order valence-electron chi connectivity index (χ0n) is 6.87. The highest BCUT2D eigenvalue weighted by molar-refractivity contribution is 9.09. The first-order chi connectivity index (χ1) is 6.13. The number of aliphatic hydroxyl groups excluding tert-OH is 1. The fourth-order valence-electron chi connectivity index (χ4n) is 1.03. The van der Waals surface area contributed by atoms with E-state index in [4.69, 9.17) is 0 Å².